The van der Waals surface area contributed by atoms with Crippen LogP contribution in [0.1, 0.15) is 67.2 Å². The summed E-state index contributed by atoms with van der Waals surface area (Å²) in [6, 6.07) is 0. The molecule has 0 bridgehead atoms. The Kier molecular flexibility index (Phi) is 8.81. The molecule has 10 nitrogen and oxygen atoms in total. The van der Waals surface area contributed by atoms with Crippen molar-refractivity contribution in [2.45, 2.75) is 91.6 Å². The van der Waals surface area contributed by atoms with Crippen molar-refractivity contribution in [3.8, 4) is 0 Å². The summed E-state index contributed by atoms with van der Waals surface area (Å²) in [7, 11) is -9.11. The largest absolute Gasteiger partial charge is 0.397 e. The number of ether oxygens (including phenoxy) is 2. The van der Waals surface area contributed by atoms with E-state index in [2.05, 4.69) is 29.1 Å². The van der Waals surface area contributed by atoms with Gasteiger partial charge in [-0.05, 0) is 42.4 Å². The van der Waals surface area contributed by atoms with Crippen molar-refractivity contribution >= 4 is 20.8 Å². The first kappa shape index (κ1) is 27.9. The molecule has 2 heterocycles. The van der Waals surface area contributed by atoms with Crippen LogP contribution in [0.25, 0.3) is 0 Å². The van der Waals surface area contributed by atoms with Crippen molar-refractivity contribution in [1.82, 2.24) is 0 Å². The smallest absolute Gasteiger partial charge is 0.372 e. The van der Waals surface area contributed by atoms with E-state index in [0.717, 1.165) is 6.42 Å². The van der Waals surface area contributed by atoms with Gasteiger partial charge >= 0.3 is 20.8 Å². The molecular formula is C20H38O10S2. The third kappa shape index (κ3) is 8.46. The van der Waals surface area contributed by atoms with Crippen LogP contribution in [0.3, 0.4) is 0 Å². The van der Waals surface area contributed by atoms with Crippen LogP contribution in [0, 0.1) is 22.7 Å². The number of hydrogen-bond acceptors (Lipinski definition) is 8. The van der Waals surface area contributed by atoms with Crippen LogP contribution >= 0.6 is 0 Å². The maximum atomic E-state index is 11.0. The monoisotopic (exact) mass is 502 g/mol. The molecule has 0 aromatic rings. The first-order chi connectivity index (χ1) is 14.4. The topological polar surface area (TPSA) is 146 Å². The van der Waals surface area contributed by atoms with E-state index in [1.807, 2.05) is 20.8 Å². The maximum absolute atomic E-state index is 11.0. The van der Waals surface area contributed by atoms with Gasteiger partial charge in [0.2, 0.25) is 0 Å². The van der Waals surface area contributed by atoms with Crippen molar-refractivity contribution < 1.29 is 43.8 Å². The third-order valence-corrected chi connectivity index (χ3v) is 7.16. The van der Waals surface area contributed by atoms with Gasteiger partial charge in [-0.25, -0.2) is 8.37 Å². The van der Waals surface area contributed by atoms with Gasteiger partial charge in [0.05, 0.1) is 37.6 Å². The summed E-state index contributed by atoms with van der Waals surface area (Å²) in [5.41, 5.74) is -0.377. The first-order valence-electron chi connectivity index (χ1n) is 10.9. The summed E-state index contributed by atoms with van der Waals surface area (Å²) in [6.07, 6.45) is 1.10. The predicted octanol–water partition coefficient (Wildman–Crippen LogP) is 3.05. The van der Waals surface area contributed by atoms with Crippen molar-refractivity contribution in [2.24, 2.45) is 22.7 Å². The van der Waals surface area contributed by atoms with E-state index in [4.69, 9.17) is 18.6 Å². The summed E-state index contributed by atoms with van der Waals surface area (Å²) in [6.45, 7) is 12.0. The van der Waals surface area contributed by atoms with Gasteiger partial charge in [0.25, 0.3) is 0 Å². The Hall–Kier alpha value is -0.340. The minimum atomic E-state index is -4.56. The van der Waals surface area contributed by atoms with Crippen LogP contribution in [0.4, 0.5) is 0 Å². The molecule has 2 rings (SSSR count). The molecular weight excluding hydrogens is 464 g/mol. The fraction of sp³-hybridized carbons (Fsp3) is 1.00. The van der Waals surface area contributed by atoms with Gasteiger partial charge in [-0.2, -0.15) is 16.8 Å². The summed E-state index contributed by atoms with van der Waals surface area (Å²) in [5.74, 6) is 0.142. The molecule has 2 saturated heterocycles. The highest BCUT2D eigenvalue weighted by Crippen LogP contribution is 2.47. The molecule has 0 spiro atoms. The zero-order valence-corrected chi connectivity index (χ0v) is 21.3. The highest BCUT2D eigenvalue weighted by atomic mass is 32.3. The second-order valence-electron chi connectivity index (χ2n) is 11.0. The molecule has 32 heavy (non-hydrogen) atoms. The third-order valence-electron chi connectivity index (χ3n) is 6.29. The Bertz CT molecular complexity index is 825. The van der Waals surface area contributed by atoms with Crippen LogP contribution in [0.2, 0.25) is 0 Å². The lowest BCUT2D eigenvalue weighted by atomic mass is 9.65. The fourth-order valence-electron chi connectivity index (χ4n) is 4.90. The molecule has 0 aromatic carbocycles. The SMILES string of the molecule is CC(C)(C)C1CCC(COS(=O)(=O)O)OC1C1CCC(COS(=O)(=O)O)OC1C(C)(C)C. The molecule has 6 atom stereocenters. The summed E-state index contributed by atoms with van der Waals surface area (Å²) < 4.78 is 83.6. The molecule has 12 heteroatoms. The van der Waals surface area contributed by atoms with E-state index in [0.29, 0.717) is 19.3 Å². The highest BCUT2D eigenvalue weighted by molar-refractivity contribution is 7.81. The Morgan fingerprint density at radius 1 is 0.750 bits per heavy atom. The molecule has 0 aliphatic carbocycles. The van der Waals surface area contributed by atoms with Gasteiger partial charge in [0.1, 0.15) is 0 Å². The zero-order valence-electron chi connectivity index (χ0n) is 19.7. The average molecular weight is 503 g/mol. The van der Waals surface area contributed by atoms with Crippen molar-refractivity contribution in [3.05, 3.63) is 0 Å². The Morgan fingerprint density at radius 3 is 1.66 bits per heavy atom. The second-order valence-corrected chi connectivity index (χ2v) is 13.2. The van der Waals surface area contributed by atoms with Crippen LogP contribution in [-0.2, 0) is 38.6 Å². The lowest BCUT2D eigenvalue weighted by Gasteiger charge is -2.52. The highest BCUT2D eigenvalue weighted by Gasteiger charge is 2.49. The fourth-order valence-corrected chi connectivity index (χ4v) is 5.55. The van der Waals surface area contributed by atoms with Crippen LogP contribution in [0.15, 0.2) is 0 Å². The zero-order chi connectivity index (χ0) is 24.5. The van der Waals surface area contributed by atoms with Crippen LogP contribution in [-0.4, -0.2) is 63.6 Å². The number of rotatable bonds is 7. The lowest BCUT2D eigenvalue weighted by molar-refractivity contribution is -0.213. The molecule has 2 N–H and O–H groups in total. The molecule has 0 aromatic heterocycles. The molecule has 6 unspecified atom stereocenters. The number of hydrogen-bond donors (Lipinski definition) is 2. The molecule has 2 fully saturated rings. The van der Waals surface area contributed by atoms with Crippen LogP contribution < -0.4 is 0 Å². The van der Waals surface area contributed by atoms with E-state index in [1.165, 1.54) is 0 Å². The van der Waals surface area contributed by atoms with E-state index >= 15 is 0 Å². The Morgan fingerprint density at radius 2 is 1.22 bits per heavy atom. The molecule has 0 radical (unpaired) electrons. The quantitative estimate of drug-likeness (QED) is 0.498. The van der Waals surface area contributed by atoms with Crippen LogP contribution in [0.5, 0.6) is 0 Å². The minimum Gasteiger partial charge on any atom is -0.372 e. The van der Waals surface area contributed by atoms with Crippen molar-refractivity contribution in [3.63, 3.8) is 0 Å². The van der Waals surface area contributed by atoms with Gasteiger partial charge in [-0.15, -0.1) is 0 Å². The van der Waals surface area contributed by atoms with E-state index in [9.17, 15) is 16.8 Å². The van der Waals surface area contributed by atoms with Gasteiger partial charge < -0.3 is 9.47 Å². The minimum absolute atomic E-state index is 0.0326. The maximum Gasteiger partial charge on any atom is 0.397 e. The normalized spacial score (nSPS) is 33.2. The molecule has 0 amide bonds. The van der Waals surface area contributed by atoms with Crippen molar-refractivity contribution in [1.29, 1.82) is 0 Å². The average Bonchev–Trinajstić information content (AvgIpc) is 2.61. The van der Waals surface area contributed by atoms with Gasteiger partial charge in [0.15, 0.2) is 0 Å². The van der Waals surface area contributed by atoms with E-state index in [-0.39, 0.29) is 48.1 Å². The molecule has 0 saturated carbocycles. The predicted molar refractivity (Wildman–Crippen MR) is 117 cm³/mol. The van der Waals surface area contributed by atoms with Gasteiger partial charge in [-0.3, -0.25) is 9.11 Å². The first-order valence-corrected chi connectivity index (χ1v) is 13.6. The summed E-state index contributed by atoms with van der Waals surface area (Å²) >= 11 is 0. The second kappa shape index (κ2) is 10.1. The Balaban J connectivity index is 2.24. The molecule has 2 aliphatic rings. The Labute approximate surface area is 192 Å². The lowest BCUT2D eigenvalue weighted by Crippen LogP contribution is -2.55. The standard InChI is InChI=1S/C20H38O10S2/c1-19(2,3)16-10-8-13(11-27-31(21,22)23)29-17(16)15-9-7-14(12-28-32(24,25)26)30-18(15)20(4,5)6/h13-18H,7-12H2,1-6H3,(H,21,22,23)(H,24,25,26). The molecule has 190 valence electrons. The van der Waals surface area contributed by atoms with Gasteiger partial charge in [0, 0.05) is 5.92 Å². The summed E-state index contributed by atoms with van der Waals surface area (Å²) in [4.78, 5) is 0. The van der Waals surface area contributed by atoms with Crippen molar-refractivity contribution in [2.75, 3.05) is 13.2 Å². The van der Waals surface area contributed by atoms with E-state index < -0.39 is 33.0 Å². The van der Waals surface area contributed by atoms with Gasteiger partial charge in [-0.1, -0.05) is 41.5 Å². The van der Waals surface area contributed by atoms with E-state index in [1.54, 1.807) is 0 Å². The summed E-state index contributed by atoms with van der Waals surface area (Å²) in [5, 5.41) is 0. The molecule has 2 aliphatic heterocycles.